The number of hydrogen-bond donors (Lipinski definition) is 2. The number of likely N-dealkylation sites (N-methyl/N-ethyl adjacent to an activating group) is 1. The number of unbranched alkanes of at least 4 members (excludes halogenated alkanes) is 1. The molecule has 0 spiro atoms. The Morgan fingerprint density at radius 3 is 2.50 bits per heavy atom. The lowest BCUT2D eigenvalue weighted by Crippen LogP contribution is -2.51. The number of rotatable bonds is 7. The van der Waals surface area contributed by atoms with E-state index in [1.165, 1.54) is 12.2 Å². The van der Waals surface area contributed by atoms with Gasteiger partial charge in [0.05, 0.1) is 5.54 Å². The van der Waals surface area contributed by atoms with E-state index >= 15 is 0 Å². The van der Waals surface area contributed by atoms with E-state index in [1.807, 2.05) is 25.6 Å². The fourth-order valence-electron chi connectivity index (χ4n) is 0.908. The molecule has 0 aromatic rings. The maximum absolute atomic E-state index is 11.5. The number of nitrogens with one attached hydrogen (secondary N) is 2. The van der Waals surface area contributed by atoms with Crippen molar-refractivity contribution < 1.29 is 4.79 Å². The Balaban J connectivity index is 3.54. The predicted octanol–water partition coefficient (Wildman–Crippen LogP) is 1.24. The summed E-state index contributed by atoms with van der Waals surface area (Å²) in [5.41, 5.74) is -0.459. The van der Waals surface area contributed by atoms with Gasteiger partial charge in [-0.25, -0.2) is 0 Å². The standard InChI is InChI=1S/C10H22N2OS/c1-10(2,11-3)9(13)12-7-5-6-8-14-4/h11H,5-8H2,1-4H3,(H,12,13). The summed E-state index contributed by atoms with van der Waals surface area (Å²) in [6.07, 6.45) is 4.33. The van der Waals surface area contributed by atoms with Gasteiger partial charge in [0.25, 0.3) is 0 Å². The lowest BCUT2D eigenvalue weighted by atomic mass is 10.1. The minimum absolute atomic E-state index is 0.0733. The van der Waals surface area contributed by atoms with Crippen LogP contribution in [-0.4, -0.2) is 37.0 Å². The van der Waals surface area contributed by atoms with Gasteiger partial charge in [0.15, 0.2) is 0 Å². The third kappa shape index (κ3) is 5.50. The first-order valence-corrected chi connectivity index (χ1v) is 6.40. The molecule has 0 aliphatic rings. The van der Waals surface area contributed by atoms with Crippen LogP contribution in [0.15, 0.2) is 0 Å². The van der Waals surface area contributed by atoms with Crippen molar-refractivity contribution in [2.75, 3.05) is 25.6 Å². The minimum atomic E-state index is -0.459. The Morgan fingerprint density at radius 1 is 1.36 bits per heavy atom. The van der Waals surface area contributed by atoms with Gasteiger partial charge in [0.2, 0.25) is 5.91 Å². The second kappa shape index (κ2) is 7.12. The first-order chi connectivity index (χ1) is 6.54. The Morgan fingerprint density at radius 2 is 2.00 bits per heavy atom. The highest BCUT2D eigenvalue weighted by molar-refractivity contribution is 7.98. The molecular weight excluding hydrogens is 196 g/mol. The average molecular weight is 218 g/mol. The number of hydrogen-bond acceptors (Lipinski definition) is 3. The molecule has 2 N–H and O–H groups in total. The van der Waals surface area contributed by atoms with E-state index in [1.54, 1.807) is 7.05 Å². The number of carbonyl (C=O) groups excluding carboxylic acids is 1. The summed E-state index contributed by atoms with van der Waals surface area (Å²) < 4.78 is 0. The van der Waals surface area contributed by atoms with Gasteiger partial charge in [-0.2, -0.15) is 11.8 Å². The molecule has 4 heteroatoms. The monoisotopic (exact) mass is 218 g/mol. The molecule has 0 radical (unpaired) electrons. The predicted molar refractivity (Wildman–Crippen MR) is 63.8 cm³/mol. The second-order valence-electron chi connectivity index (χ2n) is 3.83. The number of thioether (sulfide) groups is 1. The van der Waals surface area contributed by atoms with Crippen molar-refractivity contribution in [3.63, 3.8) is 0 Å². The van der Waals surface area contributed by atoms with Crippen LogP contribution in [0.25, 0.3) is 0 Å². The zero-order valence-corrected chi connectivity index (χ0v) is 10.5. The minimum Gasteiger partial charge on any atom is -0.355 e. The van der Waals surface area contributed by atoms with Crippen LogP contribution in [-0.2, 0) is 4.79 Å². The van der Waals surface area contributed by atoms with Gasteiger partial charge >= 0.3 is 0 Å². The van der Waals surface area contributed by atoms with Crippen molar-refractivity contribution in [1.29, 1.82) is 0 Å². The highest BCUT2D eigenvalue weighted by Gasteiger charge is 2.24. The molecule has 3 nitrogen and oxygen atoms in total. The molecule has 0 saturated carbocycles. The maximum atomic E-state index is 11.5. The summed E-state index contributed by atoms with van der Waals surface area (Å²) >= 11 is 1.85. The van der Waals surface area contributed by atoms with Crippen molar-refractivity contribution in [1.82, 2.24) is 10.6 Å². The summed E-state index contributed by atoms with van der Waals surface area (Å²) in [4.78, 5) is 11.5. The lowest BCUT2D eigenvalue weighted by molar-refractivity contribution is -0.126. The van der Waals surface area contributed by atoms with Gasteiger partial charge in [-0.05, 0) is 45.7 Å². The molecule has 0 heterocycles. The molecule has 0 aliphatic heterocycles. The molecule has 0 unspecified atom stereocenters. The molecule has 0 fully saturated rings. The summed E-state index contributed by atoms with van der Waals surface area (Å²) in [5, 5.41) is 5.90. The Kier molecular flexibility index (Phi) is 7.01. The van der Waals surface area contributed by atoms with Crippen molar-refractivity contribution >= 4 is 17.7 Å². The summed E-state index contributed by atoms with van der Waals surface area (Å²) in [5.74, 6) is 1.25. The molecule has 0 bridgehead atoms. The Bertz CT molecular complexity index is 172. The molecule has 0 saturated heterocycles. The topological polar surface area (TPSA) is 41.1 Å². The number of carbonyl (C=O) groups is 1. The van der Waals surface area contributed by atoms with Gasteiger partial charge in [0.1, 0.15) is 0 Å². The van der Waals surface area contributed by atoms with Crippen LogP contribution in [0.5, 0.6) is 0 Å². The lowest BCUT2D eigenvalue weighted by Gasteiger charge is -2.22. The molecule has 0 aromatic carbocycles. The number of amides is 1. The molecular formula is C10H22N2OS. The van der Waals surface area contributed by atoms with Gasteiger partial charge in [-0.1, -0.05) is 0 Å². The van der Waals surface area contributed by atoms with E-state index in [-0.39, 0.29) is 5.91 Å². The molecule has 0 atom stereocenters. The van der Waals surface area contributed by atoms with Gasteiger partial charge in [0, 0.05) is 6.54 Å². The van der Waals surface area contributed by atoms with Crippen molar-refractivity contribution in [2.45, 2.75) is 32.2 Å². The molecule has 84 valence electrons. The van der Waals surface area contributed by atoms with E-state index in [4.69, 9.17) is 0 Å². The van der Waals surface area contributed by atoms with E-state index in [0.717, 1.165) is 13.0 Å². The zero-order chi connectivity index (χ0) is 11.0. The normalized spacial score (nSPS) is 11.4. The summed E-state index contributed by atoms with van der Waals surface area (Å²) in [6, 6.07) is 0. The second-order valence-corrected chi connectivity index (χ2v) is 4.82. The van der Waals surface area contributed by atoms with Gasteiger partial charge in [-0.15, -0.1) is 0 Å². The Labute approximate surface area is 91.4 Å². The quantitative estimate of drug-likeness (QED) is 0.632. The van der Waals surface area contributed by atoms with Crippen LogP contribution in [0.1, 0.15) is 26.7 Å². The Hall–Kier alpha value is -0.220. The molecule has 0 aliphatic carbocycles. The van der Waals surface area contributed by atoms with Crippen molar-refractivity contribution in [3.8, 4) is 0 Å². The van der Waals surface area contributed by atoms with Crippen LogP contribution in [0, 0.1) is 0 Å². The van der Waals surface area contributed by atoms with Crippen LogP contribution < -0.4 is 10.6 Å². The van der Waals surface area contributed by atoms with E-state index in [2.05, 4.69) is 16.9 Å². The van der Waals surface area contributed by atoms with Crippen LogP contribution >= 0.6 is 11.8 Å². The van der Waals surface area contributed by atoms with Crippen molar-refractivity contribution in [3.05, 3.63) is 0 Å². The maximum Gasteiger partial charge on any atom is 0.239 e. The average Bonchev–Trinajstić information content (AvgIpc) is 2.17. The largest absolute Gasteiger partial charge is 0.355 e. The first kappa shape index (κ1) is 13.8. The molecule has 14 heavy (non-hydrogen) atoms. The van der Waals surface area contributed by atoms with E-state index < -0.39 is 5.54 Å². The summed E-state index contributed by atoms with van der Waals surface area (Å²) in [6.45, 7) is 4.54. The van der Waals surface area contributed by atoms with Crippen LogP contribution in [0.3, 0.4) is 0 Å². The van der Waals surface area contributed by atoms with Crippen molar-refractivity contribution in [2.24, 2.45) is 0 Å². The molecule has 0 rings (SSSR count). The third-order valence-corrected chi connectivity index (χ3v) is 2.95. The van der Waals surface area contributed by atoms with Crippen LogP contribution in [0.4, 0.5) is 0 Å². The first-order valence-electron chi connectivity index (χ1n) is 5.00. The highest BCUT2D eigenvalue weighted by atomic mass is 32.2. The molecule has 0 aromatic heterocycles. The van der Waals surface area contributed by atoms with Gasteiger partial charge < -0.3 is 10.6 Å². The smallest absolute Gasteiger partial charge is 0.239 e. The molecule has 1 amide bonds. The van der Waals surface area contributed by atoms with Crippen LogP contribution in [0.2, 0.25) is 0 Å². The third-order valence-electron chi connectivity index (χ3n) is 2.25. The SMILES string of the molecule is CNC(C)(C)C(=O)NCCCCSC. The fourth-order valence-corrected chi connectivity index (χ4v) is 1.40. The zero-order valence-electron chi connectivity index (χ0n) is 9.64. The van der Waals surface area contributed by atoms with E-state index in [0.29, 0.717) is 0 Å². The fraction of sp³-hybridized carbons (Fsp3) is 0.900. The van der Waals surface area contributed by atoms with Gasteiger partial charge in [-0.3, -0.25) is 4.79 Å². The summed E-state index contributed by atoms with van der Waals surface area (Å²) in [7, 11) is 1.80. The highest BCUT2D eigenvalue weighted by Crippen LogP contribution is 2.01. The van der Waals surface area contributed by atoms with E-state index in [9.17, 15) is 4.79 Å².